The quantitative estimate of drug-likeness (QED) is 0.0454. The molecule has 98 heavy (non-hydrogen) atoms. The second kappa shape index (κ2) is 46.0. The zero-order valence-corrected chi connectivity index (χ0v) is 64.0. The topological polar surface area (TPSA) is 185 Å². The van der Waals surface area contributed by atoms with E-state index < -0.39 is 114 Å². The standard InChI is InChI=1S/C14H22BNO3.C8H8BrNO2.C8H10BrNO.C7H6BrNO2.C7H8BrNO.B35/c1-10-7-11(8-16-12(10)9-17-6)15-18-13(2,3)14(4,5)19-15;1-5-3-6(9)4-10-7(5)8(11)12-2;1-6-3-7(9)4-10-8(6)5-11-2;1-4-2-5(8)3-9-6(4)7(10)11;1-5-2-6(8)3-9-7(5)4-10;1-19-28(18)33(29(20(2)3)21(4)5)35(32(26(14)15)27(16)17)34(30(22(6)7)23(8)9)31(24(10)11)25(12)13/h7-8H,9H2,1-6H3;3-4H,1-2H3;3-4H,5H2,1-2H3;2-3H,1H3,(H,10,11);2-3,10H,4H2,1H3;. The smallest absolute Gasteiger partial charge is 0.477 e. The molecule has 1 aliphatic rings. The van der Waals surface area contributed by atoms with Crippen LogP contribution in [0.1, 0.15) is 93.6 Å². The fraction of sp³-hybridized carbons (Fsp3) is 0.386. The van der Waals surface area contributed by atoms with Crippen molar-refractivity contribution >= 4 is 337 Å². The van der Waals surface area contributed by atoms with Crippen molar-refractivity contribution in [2.45, 2.75) is 93.3 Å². The number of aliphatic hydroxyl groups excluding tert-OH is 1. The van der Waals surface area contributed by atoms with Gasteiger partial charge in [-0.25, -0.2) is 19.6 Å². The summed E-state index contributed by atoms with van der Waals surface area (Å²) in [7, 11) is 116. The Kier molecular flexibility index (Phi) is 44.4. The summed E-state index contributed by atoms with van der Waals surface area (Å²) in [4.78, 5) is 41.8. The highest BCUT2D eigenvalue weighted by molar-refractivity contribution is 9.11. The molecular formula is C44H54B36Br4N5O9. The Bertz CT molecular complexity index is 3180. The number of aryl methyl sites for hydroxylation is 5. The van der Waals surface area contributed by atoms with Crippen LogP contribution in [0.25, 0.3) is 0 Å². The largest absolute Gasteiger partial charge is 0.496 e. The van der Waals surface area contributed by atoms with E-state index in [-0.39, 0.29) is 30.6 Å². The Morgan fingerprint density at radius 2 is 0.765 bits per heavy atom. The van der Waals surface area contributed by atoms with Gasteiger partial charge in [0, 0.05) is 317 Å². The van der Waals surface area contributed by atoms with E-state index in [1.54, 1.807) is 45.8 Å². The first-order valence-electron chi connectivity index (χ1n) is 30.5. The molecule has 1 saturated heterocycles. The first-order chi connectivity index (χ1) is 45.4. The molecule has 6 rings (SSSR count). The summed E-state index contributed by atoms with van der Waals surface area (Å²) in [5, 5.41) is 17.3. The summed E-state index contributed by atoms with van der Waals surface area (Å²) in [6, 6.07) is 9.55. The fourth-order valence-electron chi connectivity index (χ4n) is 10.7. The van der Waals surface area contributed by atoms with Crippen molar-refractivity contribution in [3.8, 4) is 0 Å². The molecule has 445 valence electrons. The molecule has 0 aliphatic carbocycles. The number of esters is 1. The normalized spacial score (nSPS) is 11.8. The number of aliphatic hydroxyl groups is 1. The molecule has 0 spiro atoms. The summed E-state index contributed by atoms with van der Waals surface area (Å²) >= 11 is 13.1. The third-order valence-electron chi connectivity index (χ3n) is 16.3. The van der Waals surface area contributed by atoms with Crippen LogP contribution in [-0.2, 0) is 43.3 Å². The average Bonchev–Trinajstić information content (AvgIpc) is 0.803. The van der Waals surface area contributed by atoms with E-state index in [2.05, 4.69) is 99.4 Å². The molecule has 0 bridgehead atoms. The minimum Gasteiger partial charge on any atom is -0.477 e. The Labute approximate surface area is 649 Å². The Morgan fingerprint density at radius 1 is 0.469 bits per heavy atom. The second-order valence-electron chi connectivity index (χ2n) is 24.3. The summed E-state index contributed by atoms with van der Waals surface area (Å²) < 4.78 is 30.3. The van der Waals surface area contributed by atoms with Gasteiger partial charge in [-0.1, -0.05) is 6.07 Å². The van der Waals surface area contributed by atoms with E-state index in [1.165, 1.54) is 20.4 Å². The van der Waals surface area contributed by atoms with E-state index in [1.807, 2.05) is 79.8 Å². The van der Waals surface area contributed by atoms with Crippen LogP contribution in [0.2, 0.25) is 0 Å². The molecule has 54 heteroatoms. The summed E-state index contributed by atoms with van der Waals surface area (Å²) in [6.45, 7) is 18.8. The number of hydrogen-bond acceptors (Lipinski definition) is 13. The average molecular weight is 1510 g/mol. The van der Waals surface area contributed by atoms with E-state index in [9.17, 15) is 9.59 Å². The molecule has 1 aliphatic heterocycles. The molecular weight excluding hydrogens is 1450 g/mol. The zero-order valence-electron chi connectivity index (χ0n) is 57.7. The summed E-state index contributed by atoms with van der Waals surface area (Å²) in [5.41, 5.74) is 8.18. The molecule has 5 aromatic heterocycles. The lowest BCUT2D eigenvalue weighted by molar-refractivity contribution is 0.00578. The van der Waals surface area contributed by atoms with Gasteiger partial charge in [-0.05, 0) is 178 Å². The highest BCUT2D eigenvalue weighted by atomic mass is 79.9. The number of ether oxygens (including phenoxy) is 3. The van der Waals surface area contributed by atoms with Crippen LogP contribution >= 0.6 is 63.7 Å². The number of hydrogen-bond donors (Lipinski definition) is 2. The van der Waals surface area contributed by atoms with Gasteiger partial charge in [-0.15, -0.1) is 0 Å². The molecule has 0 atom stereocenters. The molecule has 0 saturated carbocycles. The number of carboxylic acids is 1. The van der Waals surface area contributed by atoms with Gasteiger partial charge < -0.3 is 33.7 Å². The van der Waals surface area contributed by atoms with Gasteiger partial charge in [0.1, 0.15) is 0 Å². The van der Waals surface area contributed by atoms with E-state index in [0.29, 0.717) is 24.5 Å². The fourth-order valence-corrected chi connectivity index (χ4v) is 12.5. The maximum atomic E-state index is 11.0. The van der Waals surface area contributed by atoms with Crippen LogP contribution < -0.4 is 5.46 Å². The van der Waals surface area contributed by atoms with Crippen molar-refractivity contribution in [3.05, 3.63) is 135 Å². The SMILES string of the molecule is COC(=O)c1ncc(Br)cc1C.COCc1ncc(B2OC(C)(C)C(C)(C)O2)cc1C.COCc1ncc(Br)cc1C.Cc1cc(Br)cnc1C(=O)O.Cc1cc(Br)cnc1CO.[B][B]B([B])B(B(B([B])[B])B([B])[B])B(B(B([B])[B])B([B])[B])B(B(B([B])[B])B([B])[B])B(B([B])[B])B([B])[B]. The van der Waals surface area contributed by atoms with Gasteiger partial charge in [0.05, 0.1) is 55.2 Å². The lowest BCUT2D eigenvalue weighted by Crippen LogP contribution is -2.90. The van der Waals surface area contributed by atoms with Crippen LogP contribution in [0.5, 0.6) is 0 Å². The molecule has 0 aromatic carbocycles. The van der Waals surface area contributed by atoms with Crippen molar-refractivity contribution in [2.24, 2.45) is 0 Å². The molecule has 2 N–H and O–H groups in total. The number of carbonyl (C=O) groups excluding carboxylic acids is 1. The van der Waals surface area contributed by atoms with Crippen molar-refractivity contribution in [1.82, 2.24) is 24.9 Å². The maximum absolute atomic E-state index is 11.0. The predicted molar refractivity (Wildman–Crippen MR) is 458 cm³/mol. The third kappa shape index (κ3) is 29.9. The van der Waals surface area contributed by atoms with Gasteiger partial charge in [-0.3, -0.25) is 15.0 Å². The third-order valence-corrected chi connectivity index (χ3v) is 18.0. The first-order valence-corrected chi connectivity index (χ1v) is 33.7. The molecule has 5 aromatic rings. The molecule has 0 unspecified atom stereocenters. The number of aromatic nitrogens is 5. The lowest BCUT2D eigenvalue weighted by Gasteiger charge is -2.52. The van der Waals surface area contributed by atoms with E-state index in [0.717, 1.165) is 62.7 Å². The van der Waals surface area contributed by atoms with Gasteiger partial charge in [-0.2, -0.15) is 0 Å². The minimum atomic E-state index is -1.13. The Morgan fingerprint density at radius 3 is 1.05 bits per heavy atom. The van der Waals surface area contributed by atoms with Crippen LogP contribution in [0.3, 0.4) is 0 Å². The molecule has 0 amide bonds. The van der Waals surface area contributed by atoms with Crippen LogP contribution in [0, 0.1) is 34.6 Å². The van der Waals surface area contributed by atoms with Gasteiger partial charge in [0.25, 0.3) is 0 Å². The number of carbonyl (C=O) groups is 2. The van der Waals surface area contributed by atoms with Gasteiger partial charge in [0.2, 0.25) is 0 Å². The number of rotatable bonds is 24. The number of aromatic carboxylic acids is 1. The van der Waals surface area contributed by atoms with Crippen molar-refractivity contribution in [3.63, 3.8) is 0 Å². The van der Waals surface area contributed by atoms with Crippen molar-refractivity contribution in [1.29, 1.82) is 0 Å². The second-order valence-corrected chi connectivity index (χ2v) is 28.0. The molecule has 1 fully saturated rings. The number of halogens is 4. The number of pyridine rings is 5. The lowest BCUT2D eigenvalue weighted by atomic mass is 8.29. The van der Waals surface area contributed by atoms with Gasteiger partial charge >= 0.3 is 19.1 Å². The van der Waals surface area contributed by atoms with Gasteiger partial charge in [0.15, 0.2) is 11.4 Å². The predicted octanol–water partition coefficient (Wildman–Crippen LogP) is -3.76. The Balaban J connectivity index is 0.000000636. The number of methoxy groups -OCH3 is 3. The van der Waals surface area contributed by atoms with Crippen molar-refractivity contribution < 1.29 is 43.3 Å². The highest BCUT2D eigenvalue weighted by Crippen LogP contribution is 2.36. The van der Waals surface area contributed by atoms with Crippen LogP contribution in [0.4, 0.5) is 0 Å². The van der Waals surface area contributed by atoms with Crippen molar-refractivity contribution in [2.75, 3.05) is 21.3 Å². The molecule has 14 nitrogen and oxygen atoms in total. The van der Waals surface area contributed by atoms with E-state index >= 15 is 0 Å². The monoisotopic (exact) mass is 1510 g/mol. The number of nitrogens with zero attached hydrogens (tertiary/aromatic N) is 5. The minimum absolute atomic E-state index is 0.0130. The molecule has 37 radical (unpaired) electrons. The van der Waals surface area contributed by atoms with E-state index in [4.69, 9.17) is 168 Å². The first kappa shape index (κ1) is 94.8. The van der Waals surface area contributed by atoms with Crippen LogP contribution in [-0.4, -0.2) is 335 Å². The molecule has 6 heterocycles. The maximum Gasteiger partial charge on any atom is 0.496 e. The van der Waals surface area contributed by atoms with Crippen LogP contribution in [0.15, 0.2) is 79.2 Å². The zero-order chi connectivity index (χ0) is 75.6. The number of carboxylic acid groups (broad SMARTS) is 1. The summed E-state index contributed by atoms with van der Waals surface area (Å²) in [5.74, 6) is -1.39. The Hall–Kier alpha value is -1.25. The highest BCUT2D eigenvalue weighted by Gasteiger charge is 2.55. The summed E-state index contributed by atoms with van der Waals surface area (Å²) in [6.07, 6.45) is -8.07.